The number of likely N-dealkylation sites (N-methyl/N-ethyl adjacent to an activating group) is 1. The van der Waals surface area contributed by atoms with Gasteiger partial charge in [-0.05, 0) is 31.5 Å². The van der Waals surface area contributed by atoms with E-state index in [1.165, 1.54) is 0 Å². The third-order valence-corrected chi connectivity index (χ3v) is 3.73. The highest BCUT2D eigenvalue weighted by molar-refractivity contribution is 5.94. The third kappa shape index (κ3) is 3.57. The van der Waals surface area contributed by atoms with Crippen molar-refractivity contribution in [2.45, 2.75) is 12.8 Å². The fourth-order valence-corrected chi connectivity index (χ4v) is 2.49. The molecule has 108 valence electrons. The molecule has 0 bridgehead atoms. The normalized spacial score (nSPS) is 19.6. The van der Waals surface area contributed by atoms with Crippen molar-refractivity contribution in [3.05, 3.63) is 30.3 Å². The molecule has 1 N–H and O–H groups in total. The second-order valence-electron chi connectivity index (χ2n) is 5.20. The van der Waals surface area contributed by atoms with E-state index in [0.717, 1.165) is 18.7 Å². The van der Waals surface area contributed by atoms with Gasteiger partial charge in [-0.1, -0.05) is 18.2 Å². The van der Waals surface area contributed by atoms with Crippen LogP contribution >= 0.6 is 0 Å². The molecule has 0 spiro atoms. The topological polar surface area (TPSA) is 60.9 Å². The third-order valence-electron chi connectivity index (χ3n) is 3.73. The average molecular weight is 276 g/mol. The largest absolute Gasteiger partial charge is 0.481 e. The van der Waals surface area contributed by atoms with E-state index in [0.29, 0.717) is 13.0 Å². The Kier molecular flexibility index (Phi) is 4.74. The van der Waals surface area contributed by atoms with Gasteiger partial charge in [0.15, 0.2) is 0 Å². The molecule has 20 heavy (non-hydrogen) atoms. The maximum Gasteiger partial charge on any atom is 0.307 e. The lowest BCUT2D eigenvalue weighted by atomic mass is 9.98. The minimum atomic E-state index is -0.765. The van der Waals surface area contributed by atoms with Crippen LogP contribution < -0.4 is 4.90 Å². The summed E-state index contributed by atoms with van der Waals surface area (Å²) in [6, 6.07) is 9.45. The summed E-state index contributed by atoms with van der Waals surface area (Å²) in [5.41, 5.74) is 0.851. The number of amides is 1. The Balaban J connectivity index is 1.92. The Hall–Kier alpha value is -1.88. The van der Waals surface area contributed by atoms with Crippen molar-refractivity contribution in [1.29, 1.82) is 0 Å². The highest BCUT2D eigenvalue weighted by atomic mass is 16.4. The number of anilines is 1. The molecule has 1 aliphatic heterocycles. The molecule has 1 aromatic carbocycles. The number of carboxylic acid groups (broad SMARTS) is 1. The predicted molar refractivity (Wildman–Crippen MR) is 76.7 cm³/mol. The lowest BCUT2D eigenvalue weighted by molar-refractivity contribution is -0.144. The number of hydrogen-bond acceptors (Lipinski definition) is 3. The molecule has 1 fully saturated rings. The van der Waals surface area contributed by atoms with E-state index in [9.17, 15) is 9.59 Å². The van der Waals surface area contributed by atoms with Crippen molar-refractivity contribution in [1.82, 2.24) is 4.90 Å². The molecule has 1 saturated heterocycles. The van der Waals surface area contributed by atoms with Crippen LogP contribution in [-0.4, -0.2) is 48.6 Å². The molecule has 5 heteroatoms. The molecule has 1 unspecified atom stereocenters. The van der Waals surface area contributed by atoms with E-state index < -0.39 is 5.97 Å². The fourth-order valence-electron chi connectivity index (χ4n) is 2.49. The van der Waals surface area contributed by atoms with Gasteiger partial charge in [-0.3, -0.25) is 14.5 Å². The van der Waals surface area contributed by atoms with Gasteiger partial charge in [-0.15, -0.1) is 0 Å². The first-order valence-electron chi connectivity index (χ1n) is 6.84. The summed E-state index contributed by atoms with van der Waals surface area (Å²) in [7, 11) is 1.75. The zero-order valence-corrected chi connectivity index (χ0v) is 11.7. The SMILES string of the molecule is CN(C(=O)CN1CCCC(C(=O)O)C1)c1ccccc1. The molecule has 0 aliphatic carbocycles. The maximum absolute atomic E-state index is 12.2. The summed E-state index contributed by atoms with van der Waals surface area (Å²) in [6.45, 7) is 1.52. The Labute approximate surface area is 118 Å². The zero-order chi connectivity index (χ0) is 14.5. The van der Waals surface area contributed by atoms with Crippen LogP contribution in [0.2, 0.25) is 0 Å². The average Bonchev–Trinajstić information content (AvgIpc) is 2.47. The fraction of sp³-hybridized carbons (Fsp3) is 0.467. The second kappa shape index (κ2) is 6.52. The van der Waals surface area contributed by atoms with Crippen LogP contribution in [-0.2, 0) is 9.59 Å². The molecule has 0 radical (unpaired) electrons. The Morgan fingerprint density at radius 1 is 1.35 bits per heavy atom. The number of carbonyl (C=O) groups excluding carboxylic acids is 1. The van der Waals surface area contributed by atoms with Gasteiger partial charge in [0.25, 0.3) is 0 Å². The van der Waals surface area contributed by atoms with Crippen LogP contribution in [0.25, 0.3) is 0 Å². The van der Waals surface area contributed by atoms with Gasteiger partial charge in [0.05, 0.1) is 12.5 Å². The monoisotopic (exact) mass is 276 g/mol. The Morgan fingerprint density at radius 2 is 2.05 bits per heavy atom. The highest BCUT2D eigenvalue weighted by Gasteiger charge is 2.27. The van der Waals surface area contributed by atoms with E-state index in [1.807, 2.05) is 35.2 Å². The first kappa shape index (κ1) is 14.5. The Bertz CT molecular complexity index is 475. The van der Waals surface area contributed by atoms with Crippen molar-refractivity contribution < 1.29 is 14.7 Å². The van der Waals surface area contributed by atoms with Crippen LogP contribution in [0.3, 0.4) is 0 Å². The summed E-state index contributed by atoms with van der Waals surface area (Å²) >= 11 is 0. The lowest BCUT2D eigenvalue weighted by Crippen LogP contribution is -2.44. The number of piperidine rings is 1. The maximum atomic E-state index is 12.2. The quantitative estimate of drug-likeness (QED) is 0.904. The van der Waals surface area contributed by atoms with E-state index in [2.05, 4.69) is 0 Å². The number of aliphatic carboxylic acids is 1. The summed E-state index contributed by atoms with van der Waals surface area (Å²) in [5.74, 6) is -1.13. The zero-order valence-electron chi connectivity index (χ0n) is 11.7. The molecule has 0 aromatic heterocycles. The molecule has 2 rings (SSSR count). The van der Waals surface area contributed by atoms with E-state index in [4.69, 9.17) is 5.11 Å². The van der Waals surface area contributed by atoms with Gasteiger partial charge in [0, 0.05) is 19.3 Å². The van der Waals surface area contributed by atoms with Gasteiger partial charge in [-0.25, -0.2) is 0 Å². The molecule has 1 aromatic rings. The van der Waals surface area contributed by atoms with E-state index in [1.54, 1.807) is 11.9 Å². The van der Waals surface area contributed by atoms with E-state index >= 15 is 0 Å². The van der Waals surface area contributed by atoms with Gasteiger partial charge >= 0.3 is 5.97 Å². The van der Waals surface area contributed by atoms with Crippen LogP contribution in [0.1, 0.15) is 12.8 Å². The summed E-state index contributed by atoms with van der Waals surface area (Å²) < 4.78 is 0. The number of nitrogens with zero attached hydrogens (tertiary/aromatic N) is 2. The minimum absolute atomic E-state index is 0.0118. The Morgan fingerprint density at radius 3 is 2.70 bits per heavy atom. The van der Waals surface area contributed by atoms with Crippen LogP contribution in [0.15, 0.2) is 30.3 Å². The van der Waals surface area contributed by atoms with Crippen molar-refractivity contribution in [2.75, 3.05) is 31.6 Å². The minimum Gasteiger partial charge on any atom is -0.481 e. The lowest BCUT2D eigenvalue weighted by Gasteiger charge is -2.31. The first-order chi connectivity index (χ1) is 9.58. The molecular weight excluding hydrogens is 256 g/mol. The number of hydrogen-bond donors (Lipinski definition) is 1. The standard InChI is InChI=1S/C15H20N2O3/c1-16(13-7-3-2-4-8-13)14(18)11-17-9-5-6-12(10-17)15(19)20/h2-4,7-8,12H,5-6,9-11H2,1H3,(H,19,20). The molecule has 0 saturated carbocycles. The van der Waals surface area contributed by atoms with Crippen LogP contribution in [0.4, 0.5) is 5.69 Å². The van der Waals surface area contributed by atoms with Crippen molar-refractivity contribution in [3.8, 4) is 0 Å². The van der Waals surface area contributed by atoms with Gasteiger partial charge < -0.3 is 10.0 Å². The number of benzene rings is 1. The molecule has 5 nitrogen and oxygen atoms in total. The summed E-state index contributed by atoms with van der Waals surface area (Å²) in [6.07, 6.45) is 1.54. The summed E-state index contributed by atoms with van der Waals surface area (Å²) in [4.78, 5) is 26.8. The molecule has 1 aliphatic rings. The van der Waals surface area contributed by atoms with Crippen molar-refractivity contribution >= 4 is 17.6 Å². The number of likely N-dealkylation sites (tertiary alicyclic amines) is 1. The molecule has 1 amide bonds. The molecular formula is C15H20N2O3. The number of rotatable bonds is 4. The van der Waals surface area contributed by atoms with Crippen LogP contribution in [0, 0.1) is 5.92 Å². The highest BCUT2D eigenvalue weighted by Crippen LogP contribution is 2.17. The van der Waals surface area contributed by atoms with Crippen molar-refractivity contribution in [2.24, 2.45) is 5.92 Å². The predicted octanol–water partition coefficient (Wildman–Crippen LogP) is 1.45. The number of carboxylic acids is 1. The summed E-state index contributed by atoms with van der Waals surface area (Å²) in [5, 5.41) is 9.06. The van der Waals surface area contributed by atoms with Gasteiger partial charge in [0.2, 0.25) is 5.91 Å². The number of para-hydroxylation sites is 1. The van der Waals surface area contributed by atoms with E-state index in [-0.39, 0.29) is 18.4 Å². The number of carbonyl (C=O) groups is 2. The second-order valence-corrected chi connectivity index (χ2v) is 5.20. The first-order valence-corrected chi connectivity index (χ1v) is 6.84. The molecule has 1 atom stereocenters. The van der Waals surface area contributed by atoms with Gasteiger partial charge in [0.1, 0.15) is 0 Å². The van der Waals surface area contributed by atoms with Crippen LogP contribution in [0.5, 0.6) is 0 Å². The molecule has 1 heterocycles. The smallest absolute Gasteiger partial charge is 0.307 e. The van der Waals surface area contributed by atoms with Crippen molar-refractivity contribution in [3.63, 3.8) is 0 Å². The van der Waals surface area contributed by atoms with Gasteiger partial charge in [-0.2, -0.15) is 0 Å².